The van der Waals surface area contributed by atoms with Crippen molar-refractivity contribution in [3.8, 4) is 5.75 Å². The van der Waals surface area contributed by atoms with E-state index in [2.05, 4.69) is 26.2 Å². The minimum absolute atomic E-state index is 0.0592. The number of phenolic OH excluding ortho intramolecular Hbond substituents is 1. The quantitative estimate of drug-likeness (QED) is 0.832. The highest BCUT2D eigenvalue weighted by Gasteiger charge is 2.11. The summed E-state index contributed by atoms with van der Waals surface area (Å²) in [5.74, 6) is -0.665. The second-order valence-electron chi connectivity index (χ2n) is 3.19. The zero-order valence-corrected chi connectivity index (χ0v) is 11.5. The summed E-state index contributed by atoms with van der Waals surface area (Å²) < 4.78 is 14.3. The van der Waals surface area contributed by atoms with Gasteiger partial charge >= 0.3 is 0 Å². The molecule has 17 heavy (non-hydrogen) atoms. The van der Waals surface area contributed by atoms with Gasteiger partial charge in [0.1, 0.15) is 11.5 Å². The fraction of sp³-hybridized carbons (Fsp3) is 0.100. The van der Waals surface area contributed by atoms with Crippen LogP contribution in [0.25, 0.3) is 0 Å². The maximum Gasteiger partial charge on any atom is 0.183 e. The normalized spacial score (nSPS) is 10.5. The van der Waals surface area contributed by atoms with Crippen LogP contribution in [-0.2, 0) is 6.54 Å². The molecule has 0 amide bonds. The summed E-state index contributed by atoms with van der Waals surface area (Å²) in [6.07, 6.45) is 1.60. The standard InChI is InChI=1S/C10H7BrClFN2OS/c11-6-1-2-7(13)8(9(6)16)14-3-5-4-15-10(12)17-5/h1-2,4,14,16H,3H2. The molecule has 1 heterocycles. The number of aromatic nitrogens is 1. The molecule has 0 unspecified atom stereocenters. The summed E-state index contributed by atoms with van der Waals surface area (Å²) in [6, 6.07) is 2.71. The fourth-order valence-corrected chi connectivity index (χ4v) is 2.50. The lowest BCUT2D eigenvalue weighted by Gasteiger charge is -2.09. The van der Waals surface area contributed by atoms with E-state index >= 15 is 0 Å². The lowest BCUT2D eigenvalue weighted by atomic mass is 10.2. The lowest BCUT2D eigenvalue weighted by Crippen LogP contribution is -2.00. The van der Waals surface area contributed by atoms with Gasteiger partial charge in [-0.1, -0.05) is 11.6 Å². The zero-order chi connectivity index (χ0) is 12.4. The van der Waals surface area contributed by atoms with Gasteiger partial charge in [0, 0.05) is 11.1 Å². The summed E-state index contributed by atoms with van der Waals surface area (Å²) in [6.45, 7) is 0.353. The first-order valence-electron chi connectivity index (χ1n) is 4.59. The predicted molar refractivity (Wildman–Crippen MR) is 70.2 cm³/mol. The van der Waals surface area contributed by atoms with Crippen LogP contribution >= 0.6 is 38.9 Å². The summed E-state index contributed by atoms with van der Waals surface area (Å²) in [5, 5.41) is 12.5. The number of rotatable bonds is 3. The second-order valence-corrected chi connectivity index (χ2v) is 5.74. The van der Waals surface area contributed by atoms with Crippen LogP contribution in [0.15, 0.2) is 22.8 Å². The fourth-order valence-electron chi connectivity index (χ4n) is 1.25. The molecule has 7 heteroatoms. The van der Waals surface area contributed by atoms with Gasteiger partial charge in [-0.2, -0.15) is 0 Å². The highest BCUT2D eigenvalue weighted by atomic mass is 79.9. The molecule has 0 radical (unpaired) electrons. The average molecular weight is 338 g/mol. The van der Waals surface area contributed by atoms with Crippen molar-refractivity contribution in [1.29, 1.82) is 0 Å². The van der Waals surface area contributed by atoms with Gasteiger partial charge in [-0.05, 0) is 28.1 Å². The Labute approximate surface area is 114 Å². The van der Waals surface area contributed by atoms with Gasteiger partial charge < -0.3 is 10.4 Å². The van der Waals surface area contributed by atoms with Crippen LogP contribution in [0.2, 0.25) is 4.47 Å². The van der Waals surface area contributed by atoms with Crippen LogP contribution in [0.5, 0.6) is 5.75 Å². The number of nitrogens with zero attached hydrogens (tertiary/aromatic N) is 1. The highest BCUT2D eigenvalue weighted by molar-refractivity contribution is 9.10. The summed E-state index contributed by atoms with van der Waals surface area (Å²) in [7, 11) is 0. The molecule has 0 fully saturated rings. The molecule has 90 valence electrons. The number of thiazole rings is 1. The van der Waals surface area contributed by atoms with Crippen molar-refractivity contribution in [3.05, 3.63) is 38.0 Å². The second kappa shape index (κ2) is 5.20. The van der Waals surface area contributed by atoms with Gasteiger partial charge in [-0.3, -0.25) is 0 Å². The Bertz CT molecular complexity index is 549. The van der Waals surface area contributed by atoms with Gasteiger partial charge in [0.05, 0.1) is 11.0 Å². The highest BCUT2D eigenvalue weighted by Crippen LogP contribution is 2.34. The molecule has 0 aliphatic carbocycles. The van der Waals surface area contributed by atoms with E-state index in [4.69, 9.17) is 11.6 Å². The topological polar surface area (TPSA) is 45.1 Å². The van der Waals surface area contributed by atoms with Gasteiger partial charge in [0.25, 0.3) is 0 Å². The molecular formula is C10H7BrClFN2OS. The average Bonchev–Trinajstić information content (AvgIpc) is 2.70. The third-order valence-electron chi connectivity index (χ3n) is 2.04. The molecule has 0 atom stereocenters. The van der Waals surface area contributed by atoms with Gasteiger partial charge in [0.2, 0.25) is 0 Å². The largest absolute Gasteiger partial charge is 0.505 e. The van der Waals surface area contributed by atoms with E-state index in [1.165, 1.54) is 23.5 Å². The van der Waals surface area contributed by atoms with E-state index in [-0.39, 0.29) is 11.4 Å². The molecule has 2 N–H and O–H groups in total. The van der Waals surface area contributed by atoms with E-state index < -0.39 is 5.82 Å². The molecule has 1 aromatic carbocycles. The molecular weight excluding hydrogens is 331 g/mol. The minimum Gasteiger partial charge on any atom is -0.505 e. The molecule has 0 saturated heterocycles. The van der Waals surface area contributed by atoms with Crippen molar-refractivity contribution in [2.45, 2.75) is 6.54 Å². The number of halogens is 3. The first-order chi connectivity index (χ1) is 8.08. The van der Waals surface area contributed by atoms with Crippen LogP contribution in [-0.4, -0.2) is 10.1 Å². The molecule has 2 aromatic rings. The van der Waals surface area contributed by atoms with Crippen molar-refractivity contribution in [2.75, 3.05) is 5.32 Å². The summed E-state index contributed by atoms with van der Waals surface area (Å²) in [5.41, 5.74) is 0.0592. The number of hydrogen-bond acceptors (Lipinski definition) is 4. The van der Waals surface area contributed by atoms with E-state index in [1.807, 2.05) is 0 Å². The smallest absolute Gasteiger partial charge is 0.183 e. The predicted octanol–water partition coefficient (Wildman–Crippen LogP) is 4.02. The van der Waals surface area contributed by atoms with Crippen molar-refractivity contribution < 1.29 is 9.50 Å². The molecule has 0 aliphatic heterocycles. The Balaban J connectivity index is 2.16. The molecule has 0 aliphatic rings. The first-order valence-corrected chi connectivity index (χ1v) is 6.57. The van der Waals surface area contributed by atoms with Crippen molar-refractivity contribution in [2.24, 2.45) is 0 Å². The van der Waals surface area contributed by atoms with Crippen LogP contribution in [0.3, 0.4) is 0 Å². The van der Waals surface area contributed by atoms with Gasteiger partial charge in [-0.15, -0.1) is 11.3 Å². The Kier molecular flexibility index (Phi) is 3.86. The Hall–Kier alpha value is -0.850. The third kappa shape index (κ3) is 2.88. The third-order valence-corrected chi connectivity index (χ3v) is 3.80. The Morgan fingerprint density at radius 1 is 1.53 bits per heavy atom. The molecule has 1 aromatic heterocycles. The first kappa shape index (κ1) is 12.6. The molecule has 0 bridgehead atoms. The molecule has 2 rings (SSSR count). The Morgan fingerprint density at radius 3 is 2.94 bits per heavy atom. The number of benzene rings is 1. The maximum atomic E-state index is 13.5. The number of anilines is 1. The molecule has 0 saturated carbocycles. The van der Waals surface area contributed by atoms with Gasteiger partial charge in [0.15, 0.2) is 10.2 Å². The molecule has 0 spiro atoms. The van der Waals surface area contributed by atoms with Crippen molar-refractivity contribution in [3.63, 3.8) is 0 Å². The monoisotopic (exact) mass is 336 g/mol. The van der Waals surface area contributed by atoms with E-state index in [0.717, 1.165) is 4.88 Å². The Morgan fingerprint density at radius 2 is 2.29 bits per heavy atom. The van der Waals surface area contributed by atoms with Crippen LogP contribution in [0.4, 0.5) is 10.1 Å². The maximum absolute atomic E-state index is 13.5. The van der Waals surface area contributed by atoms with E-state index in [9.17, 15) is 9.50 Å². The zero-order valence-electron chi connectivity index (χ0n) is 8.38. The SMILES string of the molecule is Oc1c(Br)ccc(F)c1NCc1cnc(Cl)s1. The van der Waals surface area contributed by atoms with E-state index in [1.54, 1.807) is 6.20 Å². The van der Waals surface area contributed by atoms with Crippen LogP contribution < -0.4 is 5.32 Å². The summed E-state index contributed by atoms with van der Waals surface area (Å²) in [4.78, 5) is 4.73. The molecule has 3 nitrogen and oxygen atoms in total. The number of phenols is 1. The van der Waals surface area contributed by atoms with E-state index in [0.29, 0.717) is 15.5 Å². The van der Waals surface area contributed by atoms with Crippen molar-refractivity contribution >= 4 is 44.6 Å². The van der Waals surface area contributed by atoms with Gasteiger partial charge in [-0.25, -0.2) is 9.37 Å². The van der Waals surface area contributed by atoms with Crippen molar-refractivity contribution in [1.82, 2.24) is 4.98 Å². The lowest BCUT2D eigenvalue weighted by molar-refractivity contribution is 0.468. The number of aromatic hydroxyl groups is 1. The number of hydrogen-bond donors (Lipinski definition) is 2. The number of nitrogens with one attached hydrogen (secondary N) is 1. The summed E-state index contributed by atoms with van der Waals surface area (Å²) >= 11 is 10.1. The van der Waals surface area contributed by atoms with Crippen LogP contribution in [0, 0.1) is 5.82 Å². The van der Waals surface area contributed by atoms with Crippen LogP contribution in [0.1, 0.15) is 4.88 Å². The minimum atomic E-state index is -0.513.